The highest BCUT2D eigenvalue weighted by Gasteiger charge is 2.31. The summed E-state index contributed by atoms with van der Waals surface area (Å²) >= 11 is 0. The lowest BCUT2D eigenvalue weighted by Crippen LogP contribution is -2.26. The van der Waals surface area contributed by atoms with Crippen LogP contribution in [0.3, 0.4) is 0 Å². The topological polar surface area (TPSA) is 12.0 Å². The molecular weight excluding hydrogens is 213 g/mol. The third-order valence-electron chi connectivity index (χ3n) is 3.41. The normalized spacial score (nSPS) is 17.4. The number of halogens is 1. The zero-order valence-electron chi connectivity index (χ0n) is 10.7. The van der Waals surface area contributed by atoms with Gasteiger partial charge in [0.2, 0.25) is 0 Å². The Labute approximate surface area is 103 Å². The van der Waals surface area contributed by atoms with Crippen LogP contribution in [0.25, 0.3) is 0 Å². The molecule has 1 aromatic carbocycles. The lowest BCUT2D eigenvalue weighted by molar-refractivity contribution is 0.490. The number of nitrogens with one attached hydrogen (secondary N) is 1. The molecule has 1 unspecified atom stereocenters. The zero-order chi connectivity index (χ0) is 12.3. The van der Waals surface area contributed by atoms with Crippen LogP contribution >= 0.6 is 0 Å². The molecule has 1 atom stereocenters. The van der Waals surface area contributed by atoms with Gasteiger partial charge in [-0.2, -0.15) is 0 Å². The molecule has 94 valence electrons. The third-order valence-corrected chi connectivity index (χ3v) is 3.41. The lowest BCUT2D eigenvalue weighted by Gasteiger charge is -2.18. The fraction of sp³-hybridized carbons (Fsp3) is 0.600. The Bertz CT molecular complexity index is 340. The fourth-order valence-corrected chi connectivity index (χ4v) is 2.29. The van der Waals surface area contributed by atoms with E-state index in [4.69, 9.17) is 0 Å². The van der Waals surface area contributed by atoms with Crippen molar-refractivity contribution in [3.05, 3.63) is 35.6 Å². The Morgan fingerprint density at radius 2 is 1.82 bits per heavy atom. The van der Waals surface area contributed by atoms with Crippen LogP contribution in [0.1, 0.15) is 38.2 Å². The average molecular weight is 235 g/mol. The van der Waals surface area contributed by atoms with Crippen molar-refractivity contribution in [3.8, 4) is 0 Å². The van der Waals surface area contributed by atoms with E-state index in [9.17, 15) is 4.39 Å². The van der Waals surface area contributed by atoms with Crippen molar-refractivity contribution in [1.82, 2.24) is 5.32 Å². The van der Waals surface area contributed by atoms with Gasteiger partial charge in [-0.3, -0.25) is 0 Å². The minimum atomic E-state index is -0.140. The molecule has 1 N–H and O–H groups in total. The van der Waals surface area contributed by atoms with Crippen LogP contribution in [0.2, 0.25) is 0 Å². The highest BCUT2D eigenvalue weighted by Crippen LogP contribution is 2.42. The maximum Gasteiger partial charge on any atom is 0.123 e. The Balaban J connectivity index is 1.94. The van der Waals surface area contributed by atoms with Gasteiger partial charge in [0.15, 0.2) is 0 Å². The van der Waals surface area contributed by atoms with E-state index in [0.717, 1.165) is 19.0 Å². The van der Waals surface area contributed by atoms with E-state index in [1.165, 1.54) is 18.4 Å². The molecule has 1 saturated carbocycles. The highest BCUT2D eigenvalue weighted by atomic mass is 19.1. The predicted molar refractivity (Wildman–Crippen MR) is 69.6 cm³/mol. The van der Waals surface area contributed by atoms with Crippen molar-refractivity contribution in [3.63, 3.8) is 0 Å². The smallest absolute Gasteiger partial charge is 0.123 e. The van der Waals surface area contributed by atoms with Crippen molar-refractivity contribution in [2.24, 2.45) is 11.8 Å². The van der Waals surface area contributed by atoms with E-state index in [-0.39, 0.29) is 5.82 Å². The Hall–Kier alpha value is -0.890. The predicted octanol–water partition coefficient (Wildman–Crippen LogP) is 3.56. The molecule has 1 nitrogen and oxygen atoms in total. The summed E-state index contributed by atoms with van der Waals surface area (Å²) in [5.74, 6) is 1.91. The van der Waals surface area contributed by atoms with Gasteiger partial charge >= 0.3 is 0 Å². The fourth-order valence-electron chi connectivity index (χ4n) is 2.29. The molecule has 0 saturated heterocycles. The molecule has 2 heteroatoms. The van der Waals surface area contributed by atoms with E-state index in [0.29, 0.717) is 11.8 Å². The van der Waals surface area contributed by atoms with Crippen LogP contribution in [0.4, 0.5) is 4.39 Å². The van der Waals surface area contributed by atoms with Crippen molar-refractivity contribution >= 4 is 0 Å². The van der Waals surface area contributed by atoms with Crippen LogP contribution in [0.5, 0.6) is 0 Å². The number of benzene rings is 1. The van der Waals surface area contributed by atoms with Gasteiger partial charge in [0.05, 0.1) is 0 Å². The maximum absolute atomic E-state index is 12.9. The summed E-state index contributed by atoms with van der Waals surface area (Å²) in [4.78, 5) is 0. The minimum Gasteiger partial charge on any atom is -0.316 e. The van der Waals surface area contributed by atoms with Gasteiger partial charge < -0.3 is 5.32 Å². The Morgan fingerprint density at radius 3 is 2.35 bits per heavy atom. The van der Waals surface area contributed by atoms with Crippen LogP contribution in [-0.2, 0) is 0 Å². The number of hydrogen-bond donors (Lipinski definition) is 1. The van der Waals surface area contributed by atoms with E-state index in [1.807, 2.05) is 12.1 Å². The molecule has 1 aliphatic rings. The molecular formula is C15H22FN. The first-order chi connectivity index (χ1) is 8.16. The SMILES string of the molecule is CC(C)CNCC(c1ccc(F)cc1)C1CC1. The summed E-state index contributed by atoms with van der Waals surface area (Å²) < 4.78 is 12.9. The molecule has 0 spiro atoms. The molecule has 1 fully saturated rings. The number of rotatable bonds is 6. The van der Waals surface area contributed by atoms with Crippen molar-refractivity contribution < 1.29 is 4.39 Å². The first kappa shape index (κ1) is 12.6. The van der Waals surface area contributed by atoms with Gasteiger partial charge in [-0.1, -0.05) is 26.0 Å². The summed E-state index contributed by atoms with van der Waals surface area (Å²) in [6, 6.07) is 7.03. The summed E-state index contributed by atoms with van der Waals surface area (Å²) in [7, 11) is 0. The van der Waals surface area contributed by atoms with Gasteiger partial charge in [-0.15, -0.1) is 0 Å². The van der Waals surface area contributed by atoms with Crippen molar-refractivity contribution in [2.75, 3.05) is 13.1 Å². The van der Waals surface area contributed by atoms with Gasteiger partial charge in [0, 0.05) is 6.54 Å². The Kier molecular flexibility index (Phi) is 4.16. The first-order valence-electron chi connectivity index (χ1n) is 6.63. The van der Waals surface area contributed by atoms with Crippen LogP contribution in [0.15, 0.2) is 24.3 Å². The van der Waals surface area contributed by atoms with E-state index >= 15 is 0 Å². The first-order valence-corrected chi connectivity index (χ1v) is 6.63. The molecule has 1 aromatic rings. The molecule has 0 bridgehead atoms. The van der Waals surface area contributed by atoms with Crippen molar-refractivity contribution in [2.45, 2.75) is 32.6 Å². The summed E-state index contributed by atoms with van der Waals surface area (Å²) in [6.45, 7) is 6.52. The molecule has 0 aliphatic heterocycles. The van der Waals surface area contributed by atoms with E-state index < -0.39 is 0 Å². The van der Waals surface area contributed by atoms with Gasteiger partial charge in [-0.05, 0) is 54.8 Å². The molecule has 0 radical (unpaired) electrons. The minimum absolute atomic E-state index is 0.140. The summed E-state index contributed by atoms with van der Waals surface area (Å²) in [5.41, 5.74) is 1.28. The van der Waals surface area contributed by atoms with E-state index in [2.05, 4.69) is 19.2 Å². The molecule has 17 heavy (non-hydrogen) atoms. The number of hydrogen-bond acceptors (Lipinski definition) is 1. The second-order valence-electron chi connectivity index (χ2n) is 5.55. The van der Waals surface area contributed by atoms with Gasteiger partial charge in [0.25, 0.3) is 0 Å². The zero-order valence-corrected chi connectivity index (χ0v) is 10.7. The van der Waals surface area contributed by atoms with Crippen LogP contribution < -0.4 is 5.32 Å². The maximum atomic E-state index is 12.9. The van der Waals surface area contributed by atoms with Crippen molar-refractivity contribution in [1.29, 1.82) is 0 Å². The van der Waals surface area contributed by atoms with Gasteiger partial charge in [0.1, 0.15) is 5.82 Å². The standard InChI is InChI=1S/C15H22FN/c1-11(2)9-17-10-15(12-3-4-12)13-5-7-14(16)8-6-13/h5-8,11-12,15,17H,3-4,9-10H2,1-2H3. The second kappa shape index (κ2) is 5.63. The Morgan fingerprint density at radius 1 is 1.18 bits per heavy atom. The van der Waals surface area contributed by atoms with E-state index in [1.54, 1.807) is 12.1 Å². The molecule has 0 aromatic heterocycles. The molecule has 1 aliphatic carbocycles. The largest absolute Gasteiger partial charge is 0.316 e. The second-order valence-corrected chi connectivity index (χ2v) is 5.55. The van der Waals surface area contributed by atoms with Crippen LogP contribution in [-0.4, -0.2) is 13.1 Å². The summed E-state index contributed by atoms with van der Waals surface area (Å²) in [5, 5.41) is 3.53. The summed E-state index contributed by atoms with van der Waals surface area (Å²) in [6.07, 6.45) is 2.65. The van der Waals surface area contributed by atoms with Crippen LogP contribution in [0, 0.1) is 17.7 Å². The third kappa shape index (κ3) is 3.81. The molecule has 0 heterocycles. The average Bonchev–Trinajstić information content (AvgIpc) is 3.10. The monoisotopic (exact) mass is 235 g/mol. The highest BCUT2D eigenvalue weighted by molar-refractivity contribution is 5.23. The molecule has 0 amide bonds. The molecule has 2 rings (SSSR count). The lowest BCUT2D eigenvalue weighted by atomic mass is 9.94. The quantitative estimate of drug-likeness (QED) is 0.795. The van der Waals surface area contributed by atoms with Gasteiger partial charge in [-0.25, -0.2) is 4.39 Å².